The van der Waals surface area contributed by atoms with E-state index >= 15 is 0 Å². The van der Waals surface area contributed by atoms with E-state index < -0.39 is 0 Å². The van der Waals surface area contributed by atoms with Crippen molar-refractivity contribution >= 4 is 28.8 Å². The van der Waals surface area contributed by atoms with Gasteiger partial charge in [-0.2, -0.15) is 11.8 Å². The zero-order valence-electron chi connectivity index (χ0n) is 12.0. The molecule has 6 heteroatoms. The summed E-state index contributed by atoms with van der Waals surface area (Å²) < 4.78 is 0. The summed E-state index contributed by atoms with van der Waals surface area (Å²) in [6.07, 6.45) is 2.03. The molecule has 1 unspecified atom stereocenters. The number of benzene rings is 1. The lowest BCUT2D eigenvalue weighted by atomic mass is 10.1. The summed E-state index contributed by atoms with van der Waals surface area (Å²) in [5.74, 6) is 2.18. The first kappa shape index (κ1) is 15.0. The van der Waals surface area contributed by atoms with Crippen LogP contribution in [-0.4, -0.2) is 36.1 Å². The molecule has 0 amide bonds. The van der Waals surface area contributed by atoms with E-state index in [4.69, 9.17) is 0 Å². The summed E-state index contributed by atoms with van der Waals surface area (Å²) in [5.41, 5.74) is 1.52. The van der Waals surface area contributed by atoms with Crippen molar-refractivity contribution in [3.63, 3.8) is 0 Å². The van der Waals surface area contributed by atoms with Crippen molar-refractivity contribution in [1.29, 1.82) is 0 Å². The fraction of sp³-hybridized carbons (Fsp3) is 0.571. The fourth-order valence-corrected chi connectivity index (χ4v) is 3.70. The van der Waals surface area contributed by atoms with Gasteiger partial charge in [0.1, 0.15) is 11.4 Å². The van der Waals surface area contributed by atoms with Crippen LogP contribution in [0.2, 0.25) is 0 Å². The van der Waals surface area contributed by atoms with E-state index in [9.17, 15) is 10.1 Å². The molecule has 110 valence electrons. The molecule has 1 heterocycles. The molecular weight excluding hydrogens is 274 g/mol. The number of hydrogen-bond acceptors (Lipinski definition) is 5. The second-order valence-electron chi connectivity index (χ2n) is 4.99. The Labute approximate surface area is 123 Å². The molecule has 0 spiro atoms. The van der Waals surface area contributed by atoms with Gasteiger partial charge < -0.3 is 10.2 Å². The Morgan fingerprint density at radius 2 is 2.35 bits per heavy atom. The van der Waals surface area contributed by atoms with Crippen LogP contribution in [0.25, 0.3) is 0 Å². The molecule has 1 atom stereocenters. The van der Waals surface area contributed by atoms with Crippen LogP contribution in [-0.2, 0) is 0 Å². The summed E-state index contributed by atoms with van der Waals surface area (Å²) in [7, 11) is 1.96. The van der Waals surface area contributed by atoms with Crippen LogP contribution in [0.5, 0.6) is 0 Å². The second-order valence-corrected chi connectivity index (χ2v) is 6.14. The van der Waals surface area contributed by atoms with Gasteiger partial charge in [0.15, 0.2) is 0 Å². The molecule has 0 bridgehead atoms. The van der Waals surface area contributed by atoms with Gasteiger partial charge in [-0.3, -0.25) is 10.1 Å². The molecule has 1 N–H and O–H groups in total. The number of para-hydroxylation sites is 1. The maximum absolute atomic E-state index is 11.5. The van der Waals surface area contributed by atoms with E-state index in [1.807, 2.05) is 37.9 Å². The van der Waals surface area contributed by atoms with Crippen molar-refractivity contribution in [2.24, 2.45) is 0 Å². The SMILES string of the molecule is CCCNc1cccc(N(C)C2CCSC2)c1[N+](=O)[O-]. The summed E-state index contributed by atoms with van der Waals surface area (Å²) in [4.78, 5) is 13.3. The molecule has 1 aliphatic rings. The number of nitrogens with zero attached hydrogens (tertiary/aromatic N) is 2. The van der Waals surface area contributed by atoms with E-state index in [2.05, 4.69) is 10.2 Å². The van der Waals surface area contributed by atoms with Crippen molar-refractivity contribution in [2.75, 3.05) is 35.3 Å². The minimum atomic E-state index is -0.272. The molecule has 0 aliphatic carbocycles. The van der Waals surface area contributed by atoms with E-state index in [0.29, 0.717) is 17.4 Å². The molecule has 1 aliphatic heterocycles. The standard InChI is InChI=1S/C14H21N3O2S/c1-3-8-15-12-5-4-6-13(14(12)17(18)19)16(2)11-7-9-20-10-11/h4-6,11,15H,3,7-10H2,1-2H3. The number of nitro groups is 1. The van der Waals surface area contributed by atoms with Crippen LogP contribution in [0.4, 0.5) is 17.1 Å². The minimum Gasteiger partial charge on any atom is -0.379 e. The molecule has 20 heavy (non-hydrogen) atoms. The minimum absolute atomic E-state index is 0.195. The molecule has 0 aromatic heterocycles. The van der Waals surface area contributed by atoms with Crippen molar-refractivity contribution in [3.05, 3.63) is 28.3 Å². The van der Waals surface area contributed by atoms with E-state index in [1.165, 1.54) is 0 Å². The van der Waals surface area contributed by atoms with Crippen molar-refractivity contribution in [1.82, 2.24) is 0 Å². The Balaban J connectivity index is 2.33. The van der Waals surface area contributed by atoms with E-state index in [-0.39, 0.29) is 10.6 Å². The Hall–Kier alpha value is -1.43. The number of rotatable bonds is 6. The van der Waals surface area contributed by atoms with Gasteiger partial charge in [0.25, 0.3) is 0 Å². The fourth-order valence-electron chi connectivity index (χ4n) is 2.43. The van der Waals surface area contributed by atoms with Gasteiger partial charge in [0.2, 0.25) is 0 Å². The molecule has 2 rings (SSSR count). The number of hydrogen-bond donors (Lipinski definition) is 1. The lowest BCUT2D eigenvalue weighted by molar-refractivity contribution is -0.383. The van der Waals surface area contributed by atoms with E-state index in [1.54, 1.807) is 6.07 Å². The molecular formula is C14H21N3O2S. The average molecular weight is 295 g/mol. The monoisotopic (exact) mass is 295 g/mol. The molecule has 0 radical (unpaired) electrons. The Bertz CT molecular complexity index is 475. The van der Waals surface area contributed by atoms with Crippen molar-refractivity contribution < 1.29 is 4.92 Å². The first-order valence-electron chi connectivity index (χ1n) is 6.97. The average Bonchev–Trinajstić information content (AvgIpc) is 2.97. The van der Waals surface area contributed by atoms with Crippen LogP contribution in [0.1, 0.15) is 19.8 Å². The van der Waals surface area contributed by atoms with Crippen LogP contribution in [0.15, 0.2) is 18.2 Å². The largest absolute Gasteiger partial charge is 0.379 e. The highest BCUT2D eigenvalue weighted by Crippen LogP contribution is 2.37. The number of thioether (sulfide) groups is 1. The molecule has 1 aromatic carbocycles. The highest BCUT2D eigenvalue weighted by molar-refractivity contribution is 7.99. The number of nitro benzene ring substituents is 1. The van der Waals surface area contributed by atoms with Gasteiger partial charge in [-0.05, 0) is 30.7 Å². The van der Waals surface area contributed by atoms with Gasteiger partial charge in [-0.1, -0.05) is 13.0 Å². The third-order valence-electron chi connectivity index (χ3n) is 3.60. The van der Waals surface area contributed by atoms with Gasteiger partial charge in [-0.25, -0.2) is 0 Å². The van der Waals surface area contributed by atoms with Crippen LogP contribution >= 0.6 is 11.8 Å². The van der Waals surface area contributed by atoms with E-state index in [0.717, 1.165) is 30.9 Å². The first-order valence-corrected chi connectivity index (χ1v) is 8.12. The lowest BCUT2D eigenvalue weighted by Gasteiger charge is -2.26. The lowest BCUT2D eigenvalue weighted by Crippen LogP contribution is -2.31. The third-order valence-corrected chi connectivity index (χ3v) is 4.74. The smallest absolute Gasteiger partial charge is 0.315 e. The highest BCUT2D eigenvalue weighted by Gasteiger charge is 2.27. The summed E-state index contributed by atoms with van der Waals surface area (Å²) >= 11 is 1.91. The van der Waals surface area contributed by atoms with Gasteiger partial charge in [-0.15, -0.1) is 0 Å². The van der Waals surface area contributed by atoms with Crippen LogP contribution < -0.4 is 10.2 Å². The molecule has 0 saturated carbocycles. The molecule has 1 aromatic rings. The number of nitrogens with one attached hydrogen (secondary N) is 1. The summed E-state index contributed by atoms with van der Waals surface area (Å²) in [6, 6.07) is 5.91. The predicted octanol–water partition coefficient (Wildman–Crippen LogP) is 3.36. The van der Waals surface area contributed by atoms with Gasteiger partial charge in [0.05, 0.1) is 4.92 Å². The summed E-state index contributed by atoms with van der Waals surface area (Å²) in [6.45, 7) is 2.79. The highest BCUT2D eigenvalue weighted by atomic mass is 32.2. The zero-order valence-corrected chi connectivity index (χ0v) is 12.8. The molecule has 1 saturated heterocycles. The van der Waals surface area contributed by atoms with Gasteiger partial charge in [0, 0.05) is 25.4 Å². The Kier molecular flexibility index (Phi) is 5.11. The zero-order chi connectivity index (χ0) is 14.5. The predicted molar refractivity (Wildman–Crippen MR) is 86.0 cm³/mol. The van der Waals surface area contributed by atoms with Crippen LogP contribution in [0, 0.1) is 10.1 Å². The maximum atomic E-state index is 11.5. The normalized spacial score (nSPS) is 18.0. The molecule has 1 fully saturated rings. The first-order chi connectivity index (χ1) is 9.65. The summed E-state index contributed by atoms with van der Waals surface area (Å²) in [5, 5.41) is 14.6. The topological polar surface area (TPSA) is 58.4 Å². The Morgan fingerprint density at radius 1 is 1.55 bits per heavy atom. The second kappa shape index (κ2) is 6.83. The molecule has 5 nitrogen and oxygen atoms in total. The Morgan fingerprint density at radius 3 is 2.95 bits per heavy atom. The quantitative estimate of drug-likeness (QED) is 0.644. The van der Waals surface area contributed by atoms with Gasteiger partial charge >= 0.3 is 5.69 Å². The third kappa shape index (κ3) is 3.17. The number of anilines is 2. The maximum Gasteiger partial charge on any atom is 0.315 e. The van der Waals surface area contributed by atoms with Crippen molar-refractivity contribution in [3.8, 4) is 0 Å². The van der Waals surface area contributed by atoms with Crippen molar-refractivity contribution in [2.45, 2.75) is 25.8 Å². The van der Waals surface area contributed by atoms with Crippen LogP contribution in [0.3, 0.4) is 0 Å².